The summed E-state index contributed by atoms with van der Waals surface area (Å²) in [5.74, 6) is 10.1. The monoisotopic (exact) mass is 460 g/mol. The maximum Gasteiger partial charge on any atom is 0.159 e. The first-order valence-corrected chi connectivity index (χ1v) is 13.4. The van der Waals surface area contributed by atoms with Crippen molar-refractivity contribution in [2.45, 2.75) is 85.2 Å². The molecule has 0 saturated heterocycles. The number of carbonyl (C=O) groups is 2. The summed E-state index contributed by atoms with van der Waals surface area (Å²) < 4.78 is 0. The summed E-state index contributed by atoms with van der Waals surface area (Å²) in [6.45, 7) is 8.30. The van der Waals surface area contributed by atoms with Crippen LogP contribution in [0.5, 0.6) is 0 Å². The molecular formula is C31H40O3. The van der Waals surface area contributed by atoms with Gasteiger partial charge in [-0.25, -0.2) is 0 Å². The number of hydrogen-bond donors (Lipinski definition) is 1. The molecule has 0 aromatic heterocycles. The Bertz CT molecular complexity index is 1030. The molecule has 0 amide bonds. The van der Waals surface area contributed by atoms with E-state index in [1.54, 1.807) is 6.92 Å². The Balaban J connectivity index is 1.37. The Morgan fingerprint density at radius 1 is 0.941 bits per heavy atom. The van der Waals surface area contributed by atoms with Crippen molar-refractivity contribution in [3.05, 3.63) is 35.4 Å². The van der Waals surface area contributed by atoms with E-state index in [9.17, 15) is 14.7 Å². The van der Waals surface area contributed by atoms with Crippen LogP contribution in [0, 0.1) is 58.2 Å². The molecule has 34 heavy (non-hydrogen) atoms. The lowest BCUT2D eigenvalue weighted by molar-refractivity contribution is -0.143. The van der Waals surface area contributed by atoms with Gasteiger partial charge < -0.3 is 5.11 Å². The third kappa shape index (κ3) is 3.78. The second-order valence-electron chi connectivity index (χ2n) is 12.5. The fourth-order valence-corrected chi connectivity index (χ4v) is 9.09. The standard InChI is InChI=1S/C31H40O3/c1-19(32)22-8-5-21(6-9-22)7-10-23-18-31(4)24(17-29(23)34)11-12-25-27-14-13-26(20(2)33)30(27,3)16-15-28(25)31/h5-6,8-9,23-29,34H,11-18H2,1-4H3/t23-,24-,25-,26+,27-,28-,29-,30+,31-/m0/s1. The molecule has 9 atom stereocenters. The fraction of sp³-hybridized carbons (Fsp3) is 0.677. The summed E-state index contributed by atoms with van der Waals surface area (Å²) in [5, 5.41) is 11.0. The van der Waals surface area contributed by atoms with Crippen LogP contribution in [0.15, 0.2) is 24.3 Å². The van der Waals surface area contributed by atoms with E-state index in [1.807, 2.05) is 31.2 Å². The number of rotatable bonds is 2. The van der Waals surface area contributed by atoms with Crippen molar-refractivity contribution in [3.63, 3.8) is 0 Å². The lowest BCUT2D eigenvalue weighted by Gasteiger charge is -2.61. The predicted octanol–water partition coefficient (Wildman–Crippen LogP) is 6.08. The Morgan fingerprint density at radius 2 is 1.65 bits per heavy atom. The quantitative estimate of drug-likeness (QED) is 0.430. The maximum atomic E-state index is 12.4. The first-order valence-electron chi connectivity index (χ1n) is 13.4. The highest BCUT2D eigenvalue weighted by molar-refractivity contribution is 5.94. The molecule has 0 bridgehead atoms. The van der Waals surface area contributed by atoms with Crippen LogP contribution in [0.2, 0.25) is 0 Å². The fourth-order valence-electron chi connectivity index (χ4n) is 9.09. The summed E-state index contributed by atoms with van der Waals surface area (Å²) in [4.78, 5) is 24.0. The van der Waals surface area contributed by atoms with Crippen molar-refractivity contribution in [1.82, 2.24) is 0 Å². The van der Waals surface area contributed by atoms with Gasteiger partial charge in [0.05, 0.1) is 6.10 Å². The molecule has 182 valence electrons. The molecular weight excluding hydrogens is 420 g/mol. The molecule has 1 aromatic rings. The molecule has 0 unspecified atom stereocenters. The zero-order chi connectivity index (χ0) is 24.3. The predicted molar refractivity (Wildman–Crippen MR) is 134 cm³/mol. The minimum atomic E-state index is -0.360. The summed E-state index contributed by atoms with van der Waals surface area (Å²) >= 11 is 0. The summed E-state index contributed by atoms with van der Waals surface area (Å²) in [5.41, 5.74) is 2.02. The van der Waals surface area contributed by atoms with E-state index < -0.39 is 0 Å². The number of aliphatic hydroxyl groups excluding tert-OH is 1. The maximum absolute atomic E-state index is 12.4. The van der Waals surface area contributed by atoms with Crippen molar-refractivity contribution in [2.24, 2.45) is 46.3 Å². The minimum absolute atomic E-state index is 0.00524. The molecule has 4 aliphatic rings. The van der Waals surface area contributed by atoms with Crippen molar-refractivity contribution < 1.29 is 14.7 Å². The van der Waals surface area contributed by atoms with Crippen LogP contribution in [0.3, 0.4) is 0 Å². The number of hydrogen-bond acceptors (Lipinski definition) is 3. The van der Waals surface area contributed by atoms with Crippen LogP contribution in [-0.2, 0) is 4.79 Å². The molecule has 4 aliphatic carbocycles. The van der Waals surface area contributed by atoms with Gasteiger partial charge in [0.25, 0.3) is 0 Å². The summed E-state index contributed by atoms with van der Waals surface area (Å²) in [6, 6.07) is 7.49. The largest absolute Gasteiger partial charge is 0.392 e. The number of benzene rings is 1. The number of ketones is 2. The molecule has 1 aromatic carbocycles. The molecule has 0 radical (unpaired) electrons. The zero-order valence-electron chi connectivity index (χ0n) is 21.3. The molecule has 4 fully saturated rings. The van der Waals surface area contributed by atoms with Gasteiger partial charge in [0.15, 0.2) is 5.78 Å². The molecule has 1 N–H and O–H groups in total. The average Bonchev–Trinajstić information content (AvgIpc) is 3.16. The van der Waals surface area contributed by atoms with Gasteiger partial charge in [-0.1, -0.05) is 37.8 Å². The molecule has 5 rings (SSSR count). The van der Waals surface area contributed by atoms with Gasteiger partial charge in [0.1, 0.15) is 5.78 Å². The second kappa shape index (κ2) is 8.63. The first-order chi connectivity index (χ1) is 16.1. The van der Waals surface area contributed by atoms with Crippen molar-refractivity contribution in [1.29, 1.82) is 0 Å². The molecule has 0 heterocycles. The SMILES string of the molecule is CC(=O)c1ccc(C#C[C@H]2C[C@@]3(C)[C@@H](CC[C@@H]4[C@@H]3CC[C@]3(C)[C@@H](C(C)=O)CC[C@@H]43)C[C@@H]2O)cc1. The van der Waals surface area contributed by atoms with Crippen LogP contribution in [0.4, 0.5) is 0 Å². The number of aliphatic hydroxyl groups is 1. The molecule has 0 spiro atoms. The number of Topliss-reactive ketones (excluding diaryl/α,β-unsaturated/α-hetero) is 2. The normalized spacial score (nSPS) is 43.0. The van der Waals surface area contributed by atoms with Crippen molar-refractivity contribution >= 4 is 11.6 Å². The van der Waals surface area contributed by atoms with Gasteiger partial charge in [-0.15, -0.1) is 0 Å². The Morgan fingerprint density at radius 3 is 2.32 bits per heavy atom. The van der Waals surface area contributed by atoms with E-state index in [2.05, 4.69) is 25.7 Å². The number of fused-ring (bicyclic) bond motifs is 5. The van der Waals surface area contributed by atoms with E-state index in [-0.39, 0.29) is 34.6 Å². The van der Waals surface area contributed by atoms with Crippen molar-refractivity contribution in [2.75, 3.05) is 0 Å². The molecule has 3 nitrogen and oxygen atoms in total. The summed E-state index contributed by atoms with van der Waals surface area (Å²) in [7, 11) is 0. The average molecular weight is 461 g/mol. The highest BCUT2D eigenvalue weighted by Crippen LogP contribution is 2.67. The van der Waals surface area contributed by atoms with Gasteiger partial charge in [0.2, 0.25) is 0 Å². The molecule has 3 heteroatoms. The third-order valence-corrected chi connectivity index (χ3v) is 10.9. The third-order valence-electron chi connectivity index (χ3n) is 10.9. The van der Waals surface area contributed by atoms with Crippen LogP contribution in [-0.4, -0.2) is 22.8 Å². The lowest BCUT2D eigenvalue weighted by Crippen LogP contribution is -2.55. The first kappa shape index (κ1) is 23.8. The van der Waals surface area contributed by atoms with Crippen LogP contribution in [0.1, 0.15) is 95.0 Å². The van der Waals surface area contributed by atoms with E-state index in [1.165, 1.54) is 32.1 Å². The molecule has 0 aliphatic heterocycles. The Labute approximate surface area is 205 Å². The van der Waals surface area contributed by atoms with Crippen LogP contribution < -0.4 is 0 Å². The minimum Gasteiger partial charge on any atom is -0.392 e. The topological polar surface area (TPSA) is 54.4 Å². The van der Waals surface area contributed by atoms with Crippen LogP contribution in [0.25, 0.3) is 0 Å². The number of carbonyl (C=O) groups excluding carboxylic acids is 2. The van der Waals surface area contributed by atoms with Gasteiger partial charge in [-0.3, -0.25) is 9.59 Å². The Kier molecular flexibility index (Phi) is 6.04. The van der Waals surface area contributed by atoms with Gasteiger partial charge in [0, 0.05) is 23.0 Å². The van der Waals surface area contributed by atoms with E-state index in [0.717, 1.165) is 24.8 Å². The van der Waals surface area contributed by atoms with Crippen molar-refractivity contribution in [3.8, 4) is 11.8 Å². The van der Waals surface area contributed by atoms with E-state index in [4.69, 9.17) is 0 Å². The van der Waals surface area contributed by atoms with E-state index in [0.29, 0.717) is 35.0 Å². The van der Waals surface area contributed by atoms with Gasteiger partial charge in [-0.2, -0.15) is 0 Å². The zero-order valence-corrected chi connectivity index (χ0v) is 21.3. The lowest BCUT2D eigenvalue weighted by atomic mass is 9.44. The second-order valence-corrected chi connectivity index (χ2v) is 12.5. The smallest absolute Gasteiger partial charge is 0.159 e. The summed E-state index contributed by atoms with van der Waals surface area (Å²) in [6.07, 6.45) is 8.63. The van der Waals surface area contributed by atoms with Crippen LogP contribution >= 0.6 is 0 Å². The van der Waals surface area contributed by atoms with Gasteiger partial charge >= 0.3 is 0 Å². The highest BCUT2D eigenvalue weighted by atomic mass is 16.3. The van der Waals surface area contributed by atoms with Gasteiger partial charge in [-0.05, 0) is 112 Å². The highest BCUT2D eigenvalue weighted by Gasteiger charge is 2.61. The Hall–Kier alpha value is -1.92. The molecule has 4 saturated carbocycles. The van der Waals surface area contributed by atoms with E-state index >= 15 is 0 Å².